The maximum atomic E-state index is 12.0. The van der Waals surface area contributed by atoms with Gasteiger partial charge in [-0.2, -0.15) is 0 Å². The van der Waals surface area contributed by atoms with Gasteiger partial charge in [0, 0.05) is 17.8 Å². The summed E-state index contributed by atoms with van der Waals surface area (Å²) in [5.41, 5.74) is 0.177. The van der Waals surface area contributed by atoms with Gasteiger partial charge in [0.25, 0.3) is 11.6 Å². The summed E-state index contributed by atoms with van der Waals surface area (Å²) in [6, 6.07) is 5.59. The number of rotatable bonds is 5. The molecule has 1 saturated carbocycles. The second-order valence-corrected chi connectivity index (χ2v) is 5.85. The van der Waals surface area contributed by atoms with Crippen LogP contribution in [0.25, 0.3) is 0 Å². The Morgan fingerprint density at radius 2 is 2.13 bits per heavy atom. The fraction of sp³-hybridized carbons (Fsp3) is 0.375. The third-order valence-electron chi connectivity index (χ3n) is 4.27. The van der Waals surface area contributed by atoms with Crippen LogP contribution in [-0.2, 0) is 14.3 Å². The summed E-state index contributed by atoms with van der Waals surface area (Å²) in [4.78, 5) is 33.9. The van der Waals surface area contributed by atoms with Gasteiger partial charge in [-0.25, -0.2) is 0 Å². The molecular weight excluding hydrogens is 300 g/mol. The van der Waals surface area contributed by atoms with E-state index >= 15 is 0 Å². The van der Waals surface area contributed by atoms with E-state index < -0.39 is 10.8 Å². The summed E-state index contributed by atoms with van der Waals surface area (Å²) in [5, 5.41) is 13.2. The number of non-ortho nitro benzene ring substituents is 1. The first kappa shape index (κ1) is 15.2. The lowest BCUT2D eigenvalue weighted by Gasteiger charge is -2.16. The lowest BCUT2D eigenvalue weighted by Crippen LogP contribution is -2.26. The first-order valence-electron chi connectivity index (χ1n) is 7.42. The molecule has 1 fully saturated rings. The van der Waals surface area contributed by atoms with Crippen molar-refractivity contribution >= 4 is 23.3 Å². The molecule has 2 bridgehead atoms. The van der Waals surface area contributed by atoms with E-state index in [4.69, 9.17) is 4.74 Å². The fourth-order valence-corrected chi connectivity index (χ4v) is 3.19. The van der Waals surface area contributed by atoms with Gasteiger partial charge in [-0.3, -0.25) is 19.7 Å². The number of esters is 1. The van der Waals surface area contributed by atoms with Crippen molar-refractivity contribution in [1.29, 1.82) is 0 Å². The molecule has 1 aromatic carbocycles. The maximum absolute atomic E-state index is 12.0. The molecule has 23 heavy (non-hydrogen) atoms. The predicted octanol–water partition coefficient (Wildman–Crippen LogP) is 2.29. The Balaban J connectivity index is 1.50. The van der Waals surface area contributed by atoms with Gasteiger partial charge in [-0.1, -0.05) is 18.2 Å². The number of allylic oxidation sites excluding steroid dienone is 2. The van der Waals surface area contributed by atoms with Crippen LogP contribution in [0.4, 0.5) is 11.4 Å². The molecule has 0 saturated heterocycles. The molecule has 0 unspecified atom stereocenters. The zero-order valence-corrected chi connectivity index (χ0v) is 12.3. The van der Waals surface area contributed by atoms with Crippen LogP contribution in [0.5, 0.6) is 0 Å². The van der Waals surface area contributed by atoms with Crippen molar-refractivity contribution in [2.45, 2.75) is 12.8 Å². The zero-order valence-electron chi connectivity index (χ0n) is 12.3. The highest BCUT2D eigenvalue weighted by molar-refractivity contribution is 5.93. The van der Waals surface area contributed by atoms with Crippen LogP contribution in [-0.4, -0.2) is 23.4 Å². The van der Waals surface area contributed by atoms with Crippen molar-refractivity contribution in [3.05, 3.63) is 46.5 Å². The van der Waals surface area contributed by atoms with Crippen LogP contribution in [0, 0.1) is 27.9 Å². The molecule has 1 aromatic rings. The van der Waals surface area contributed by atoms with Crippen molar-refractivity contribution in [2.24, 2.45) is 17.8 Å². The van der Waals surface area contributed by atoms with Gasteiger partial charge in [0.05, 0.1) is 10.8 Å². The Morgan fingerprint density at radius 3 is 2.78 bits per heavy atom. The Morgan fingerprint density at radius 1 is 1.30 bits per heavy atom. The first-order chi connectivity index (χ1) is 11.0. The van der Waals surface area contributed by atoms with E-state index in [0.29, 0.717) is 11.6 Å². The number of carbonyl (C=O) groups is 2. The number of nitro groups is 1. The van der Waals surface area contributed by atoms with Gasteiger partial charge in [-0.05, 0) is 30.7 Å². The quantitative estimate of drug-likeness (QED) is 0.389. The van der Waals surface area contributed by atoms with Gasteiger partial charge in [0.15, 0.2) is 6.61 Å². The number of carbonyl (C=O) groups excluding carboxylic acids is 2. The number of hydrogen-bond donors (Lipinski definition) is 1. The van der Waals surface area contributed by atoms with Gasteiger partial charge in [0.2, 0.25) is 0 Å². The van der Waals surface area contributed by atoms with E-state index in [2.05, 4.69) is 11.4 Å². The Kier molecular flexibility index (Phi) is 4.10. The van der Waals surface area contributed by atoms with E-state index in [1.165, 1.54) is 24.3 Å². The van der Waals surface area contributed by atoms with Gasteiger partial charge < -0.3 is 10.1 Å². The number of benzene rings is 1. The molecule has 0 aromatic heterocycles. The van der Waals surface area contributed by atoms with Gasteiger partial charge in [-0.15, -0.1) is 0 Å². The van der Waals surface area contributed by atoms with Crippen molar-refractivity contribution in [1.82, 2.24) is 0 Å². The van der Waals surface area contributed by atoms with E-state index in [1.54, 1.807) is 0 Å². The highest BCUT2D eigenvalue weighted by Crippen LogP contribution is 2.43. The van der Waals surface area contributed by atoms with Crippen molar-refractivity contribution < 1.29 is 19.2 Å². The molecule has 3 rings (SSSR count). The number of nitrogens with zero attached hydrogens (tertiary/aromatic N) is 1. The number of ether oxygens (including phenoxy) is 1. The molecule has 2 aliphatic carbocycles. The van der Waals surface area contributed by atoms with Crippen LogP contribution >= 0.6 is 0 Å². The molecule has 0 aliphatic heterocycles. The molecule has 7 heteroatoms. The topological polar surface area (TPSA) is 98.5 Å². The number of nitrogens with one attached hydrogen (secondary N) is 1. The summed E-state index contributed by atoms with van der Waals surface area (Å²) in [6.07, 6.45) is 5.94. The van der Waals surface area contributed by atoms with Crippen molar-refractivity contribution in [3.8, 4) is 0 Å². The number of fused-ring (bicyclic) bond motifs is 2. The van der Waals surface area contributed by atoms with E-state index in [9.17, 15) is 19.7 Å². The van der Waals surface area contributed by atoms with Crippen molar-refractivity contribution in [3.63, 3.8) is 0 Å². The van der Waals surface area contributed by atoms with Crippen LogP contribution in [0.15, 0.2) is 36.4 Å². The molecular formula is C16H16N2O5. The fourth-order valence-electron chi connectivity index (χ4n) is 3.19. The minimum absolute atomic E-state index is 0.117. The number of anilines is 1. The Hall–Kier alpha value is -2.70. The van der Waals surface area contributed by atoms with Gasteiger partial charge in [0.1, 0.15) is 0 Å². The monoisotopic (exact) mass is 316 g/mol. The molecule has 1 N–H and O–H groups in total. The normalized spacial score (nSPS) is 24.4. The average Bonchev–Trinajstić information content (AvgIpc) is 3.16. The molecule has 1 amide bonds. The number of amides is 1. The number of nitro benzene ring substituents is 1. The minimum Gasteiger partial charge on any atom is -0.455 e. The van der Waals surface area contributed by atoms with Crippen molar-refractivity contribution in [2.75, 3.05) is 11.9 Å². The predicted molar refractivity (Wildman–Crippen MR) is 81.5 cm³/mol. The van der Waals surface area contributed by atoms with Crippen LogP contribution < -0.4 is 5.32 Å². The lowest BCUT2D eigenvalue weighted by molar-refractivity contribution is -0.384. The second kappa shape index (κ2) is 6.20. The highest BCUT2D eigenvalue weighted by atomic mass is 16.6. The maximum Gasteiger partial charge on any atom is 0.310 e. The molecule has 0 heterocycles. The second-order valence-electron chi connectivity index (χ2n) is 5.85. The smallest absolute Gasteiger partial charge is 0.310 e. The van der Waals surface area contributed by atoms with Crippen LogP contribution in [0.3, 0.4) is 0 Å². The Bertz CT molecular complexity index is 685. The average molecular weight is 316 g/mol. The Labute approximate surface area is 132 Å². The van der Waals surface area contributed by atoms with E-state index in [1.807, 2.05) is 6.08 Å². The molecule has 2 aliphatic rings. The molecule has 0 radical (unpaired) electrons. The van der Waals surface area contributed by atoms with E-state index in [-0.39, 0.29) is 30.1 Å². The largest absolute Gasteiger partial charge is 0.455 e. The zero-order chi connectivity index (χ0) is 16.4. The van der Waals surface area contributed by atoms with Gasteiger partial charge >= 0.3 is 5.97 Å². The lowest BCUT2D eigenvalue weighted by atomic mass is 9.94. The number of hydrogen-bond acceptors (Lipinski definition) is 5. The third kappa shape index (κ3) is 3.39. The summed E-state index contributed by atoms with van der Waals surface area (Å²) in [5.74, 6) is -0.340. The van der Waals surface area contributed by atoms with Crippen LogP contribution in [0.1, 0.15) is 12.8 Å². The standard InChI is InChI=1S/C16H16N2O5/c19-15(17-12-2-1-3-13(8-12)18(21)22)9-23-16(20)14-7-10-4-5-11(14)6-10/h1-5,8,10-11,14H,6-7,9H2,(H,17,19)/t10-,11-,14-/m0/s1. The first-order valence-corrected chi connectivity index (χ1v) is 7.42. The highest BCUT2D eigenvalue weighted by Gasteiger charge is 2.40. The molecule has 3 atom stereocenters. The molecule has 0 spiro atoms. The SMILES string of the molecule is O=C(COC(=O)[C@H]1C[C@H]2C=C[C@H]1C2)Nc1cccc([N+](=O)[O-])c1. The summed E-state index contributed by atoms with van der Waals surface area (Å²) < 4.78 is 5.07. The van der Waals surface area contributed by atoms with E-state index in [0.717, 1.165) is 12.8 Å². The molecule has 7 nitrogen and oxygen atoms in total. The van der Waals surface area contributed by atoms with Crippen LogP contribution in [0.2, 0.25) is 0 Å². The molecule has 120 valence electrons. The third-order valence-corrected chi connectivity index (χ3v) is 4.27. The summed E-state index contributed by atoms with van der Waals surface area (Å²) in [6.45, 7) is -0.390. The summed E-state index contributed by atoms with van der Waals surface area (Å²) in [7, 11) is 0. The minimum atomic E-state index is -0.543. The summed E-state index contributed by atoms with van der Waals surface area (Å²) >= 11 is 0.